The first-order valence-electron chi connectivity index (χ1n) is 6.83. The van der Waals surface area contributed by atoms with Gasteiger partial charge < -0.3 is 11.1 Å². The standard InChI is InChI=1S/C15H22N2O/c1-2-3-8-14(16)15(18)17-13-9-11-6-4-5-7-12(11)10-13/h4-7,13-14H,2-3,8-10,16H2,1H3,(H,17,18)/t14-/m0/s1. The van der Waals surface area contributed by atoms with Gasteiger partial charge in [0.2, 0.25) is 5.91 Å². The summed E-state index contributed by atoms with van der Waals surface area (Å²) in [6.45, 7) is 2.11. The lowest BCUT2D eigenvalue weighted by Crippen LogP contribution is -2.45. The van der Waals surface area contributed by atoms with Gasteiger partial charge in [-0.1, -0.05) is 44.0 Å². The molecule has 0 saturated heterocycles. The molecule has 0 spiro atoms. The average Bonchev–Trinajstić information content (AvgIpc) is 2.77. The summed E-state index contributed by atoms with van der Waals surface area (Å²) in [4.78, 5) is 11.9. The van der Waals surface area contributed by atoms with Gasteiger partial charge in [-0.05, 0) is 30.4 Å². The largest absolute Gasteiger partial charge is 0.351 e. The normalized spacial score (nSPS) is 16.3. The molecule has 0 aromatic heterocycles. The third-order valence-electron chi connectivity index (χ3n) is 3.60. The van der Waals surface area contributed by atoms with E-state index < -0.39 is 0 Å². The number of unbranched alkanes of at least 4 members (excludes halogenated alkanes) is 1. The Morgan fingerprint density at radius 2 is 2.00 bits per heavy atom. The highest BCUT2D eigenvalue weighted by Crippen LogP contribution is 2.21. The molecule has 2 rings (SSSR count). The minimum Gasteiger partial charge on any atom is -0.351 e. The molecule has 3 heteroatoms. The van der Waals surface area contributed by atoms with Gasteiger partial charge in [0.15, 0.2) is 0 Å². The van der Waals surface area contributed by atoms with Gasteiger partial charge in [0.1, 0.15) is 0 Å². The van der Waals surface area contributed by atoms with E-state index in [2.05, 4.69) is 36.5 Å². The number of fused-ring (bicyclic) bond motifs is 1. The Kier molecular flexibility index (Phi) is 4.37. The van der Waals surface area contributed by atoms with E-state index >= 15 is 0 Å². The highest BCUT2D eigenvalue weighted by atomic mass is 16.2. The summed E-state index contributed by atoms with van der Waals surface area (Å²) in [6.07, 6.45) is 4.74. The molecule has 0 saturated carbocycles. The SMILES string of the molecule is CCCC[C@H](N)C(=O)NC1Cc2ccccc2C1. The fourth-order valence-corrected chi connectivity index (χ4v) is 2.52. The van der Waals surface area contributed by atoms with Crippen molar-refractivity contribution in [1.29, 1.82) is 0 Å². The highest BCUT2D eigenvalue weighted by Gasteiger charge is 2.24. The molecule has 0 radical (unpaired) electrons. The summed E-state index contributed by atoms with van der Waals surface area (Å²) in [5.74, 6) is 0.00116. The van der Waals surface area contributed by atoms with Gasteiger partial charge in [-0.3, -0.25) is 4.79 Å². The summed E-state index contributed by atoms with van der Waals surface area (Å²) in [5.41, 5.74) is 8.58. The van der Waals surface area contributed by atoms with Crippen LogP contribution in [0, 0.1) is 0 Å². The van der Waals surface area contributed by atoms with Gasteiger partial charge in [-0.15, -0.1) is 0 Å². The van der Waals surface area contributed by atoms with Crippen LogP contribution in [0.3, 0.4) is 0 Å². The maximum absolute atomic E-state index is 11.9. The van der Waals surface area contributed by atoms with Crippen LogP contribution in [-0.4, -0.2) is 18.0 Å². The van der Waals surface area contributed by atoms with Crippen LogP contribution in [-0.2, 0) is 17.6 Å². The van der Waals surface area contributed by atoms with Crippen molar-refractivity contribution >= 4 is 5.91 Å². The number of rotatable bonds is 5. The van der Waals surface area contributed by atoms with Crippen molar-refractivity contribution < 1.29 is 4.79 Å². The van der Waals surface area contributed by atoms with E-state index in [4.69, 9.17) is 5.73 Å². The number of hydrogen-bond acceptors (Lipinski definition) is 2. The van der Waals surface area contributed by atoms with Gasteiger partial charge in [0.25, 0.3) is 0 Å². The molecule has 1 aromatic rings. The molecule has 3 nitrogen and oxygen atoms in total. The van der Waals surface area contributed by atoms with E-state index in [0.717, 1.165) is 32.1 Å². The van der Waals surface area contributed by atoms with Crippen molar-refractivity contribution in [2.75, 3.05) is 0 Å². The first-order valence-corrected chi connectivity index (χ1v) is 6.83. The van der Waals surface area contributed by atoms with Crippen molar-refractivity contribution in [3.63, 3.8) is 0 Å². The van der Waals surface area contributed by atoms with Crippen LogP contribution in [0.2, 0.25) is 0 Å². The summed E-state index contributed by atoms with van der Waals surface area (Å²) < 4.78 is 0. The molecule has 1 amide bonds. The number of benzene rings is 1. The Morgan fingerprint density at radius 3 is 2.56 bits per heavy atom. The second kappa shape index (κ2) is 6.01. The first kappa shape index (κ1) is 13.1. The number of nitrogens with one attached hydrogen (secondary N) is 1. The first-order chi connectivity index (χ1) is 8.70. The molecule has 98 valence electrons. The van der Waals surface area contributed by atoms with Crippen molar-refractivity contribution in [1.82, 2.24) is 5.32 Å². The third kappa shape index (κ3) is 3.10. The molecular formula is C15H22N2O. The zero-order valence-corrected chi connectivity index (χ0v) is 11.0. The van der Waals surface area contributed by atoms with Crippen LogP contribution in [0.5, 0.6) is 0 Å². The van der Waals surface area contributed by atoms with E-state index in [1.807, 2.05) is 0 Å². The molecule has 0 bridgehead atoms. The van der Waals surface area contributed by atoms with E-state index in [1.54, 1.807) is 0 Å². The number of carbonyl (C=O) groups excluding carboxylic acids is 1. The van der Waals surface area contributed by atoms with Gasteiger partial charge in [-0.2, -0.15) is 0 Å². The molecule has 1 aliphatic rings. The second-order valence-corrected chi connectivity index (χ2v) is 5.13. The third-order valence-corrected chi connectivity index (χ3v) is 3.60. The maximum atomic E-state index is 11.9. The average molecular weight is 246 g/mol. The molecule has 0 aliphatic heterocycles. The number of hydrogen-bond donors (Lipinski definition) is 2. The number of amides is 1. The van der Waals surface area contributed by atoms with Crippen molar-refractivity contribution in [2.45, 2.75) is 51.1 Å². The van der Waals surface area contributed by atoms with Gasteiger partial charge in [0, 0.05) is 6.04 Å². The monoisotopic (exact) mass is 246 g/mol. The van der Waals surface area contributed by atoms with Crippen LogP contribution in [0.1, 0.15) is 37.3 Å². The molecular weight excluding hydrogens is 224 g/mol. The molecule has 0 fully saturated rings. The summed E-state index contributed by atoms with van der Waals surface area (Å²) in [5, 5.41) is 3.07. The smallest absolute Gasteiger partial charge is 0.237 e. The van der Waals surface area contributed by atoms with Gasteiger partial charge >= 0.3 is 0 Å². The maximum Gasteiger partial charge on any atom is 0.237 e. The molecule has 1 aromatic carbocycles. The topological polar surface area (TPSA) is 55.1 Å². The lowest BCUT2D eigenvalue weighted by molar-refractivity contribution is -0.123. The minimum absolute atomic E-state index is 0.00116. The second-order valence-electron chi connectivity index (χ2n) is 5.13. The fraction of sp³-hybridized carbons (Fsp3) is 0.533. The van der Waals surface area contributed by atoms with E-state index in [-0.39, 0.29) is 18.0 Å². The Hall–Kier alpha value is -1.35. The summed E-state index contributed by atoms with van der Waals surface area (Å²) in [6, 6.07) is 8.25. The van der Waals surface area contributed by atoms with Crippen molar-refractivity contribution in [3.05, 3.63) is 35.4 Å². The number of carbonyl (C=O) groups is 1. The predicted octanol–water partition coefficient (Wildman–Crippen LogP) is 1.79. The van der Waals surface area contributed by atoms with E-state index in [0.29, 0.717) is 0 Å². The molecule has 1 atom stereocenters. The Labute approximate surface area is 109 Å². The molecule has 0 heterocycles. The Balaban J connectivity index is 1.84. The summed E-state index contributed by atoms with van der Waals surface area (Å²) >= 11 is 0. The number of nitrogens with two attached hydrogens (primary N) is 1. The fourth-order valence-electron chi connectivity index (χ4n) is 2.52. The molecule has 1 aliphatic carbocycles. The van der Waals surface area contributed by atoms with Crippen LogP contribution >= 0.6 is 0 Å². The molecule has 18 heavy (non-hydrogen) atoms. The van der Waals surface area contributed by atoms with Crippen molar-refractivity contribution in [3.8, 4) is 0 Å². The summed E-state index contributed by atoms with van der Waals surface area (Å²) in [7, 11) is 0. The predicted molar refractivity (Wildman–Crippen MR) is 73.3 cm³/mol. The zero-order valence-electron chi connectivity index (χ0n) is 11.0. The minimum atomic E-state index is -0.353. The quantitative estimate of drug-likeness (QED) is 0.832. The van der Waals surface area contributed by atoms with Gasteiger partial charge in [0.05, 0.1) is 6.04 Å². The van der Waals surface area contributed by atoms with Crippen molar-refractivity contribution in [2.24, 2.45) is 5.73 Å². The zero-order chi connectivity index (χ0) is 13.0. The van der Waals surface area contributed by atoms with Gasteiger partial charge in [-0.25, -0.2) is 0 Å². The highest BCUT2D eigenvalue weighted by molar-refractivity contribution is 5.81. The van der Waals surface area contributed by atoms with Crippen LogP contribution in [0.15, 0.2) is 24.3 Å². The Morgan fingerprint density at radius 1 is 1.39 bits per heavy atom. The van der Waals surface area contributed by atoms with Crippen LogP contribution in [0.4, 0.5) is 0 Å². The Bertz CT molecular complexity index is 392. The van der Waals surface area contributed by atoms with Crippen LogP contribution < -0.4 is 11.1 Å². The van der Waals surface area contributed by atoms with E-state index in [1.165, 1.54) is 11.1 Å². The van der Waals surface area contributed by atoms with E-state index in [9.17, 15) is 4.79 Å². The molecule has 3 N–H and O–H groups in total. The van der Waals surface area contributed by atoms with Crippen LogP contribution in [0.25, 0.3) is 0 Å². The lowest BCUT2D eigenvalue weighted by Gasteiger charge is -2.16. The lowest BCUT2D eigenvalue weighted by atomic mass is 10.1. The molecule has 0 unspecified atom stereocenters.